The Morgan fingerprint density at radius 3 is 2.61 bits per heavy atom. The number of allylic oxidation sites excluding steroid dienone is 4. The lowest BCUT2D eigenvalue weighted by atomic mass is 9.52. The summed E-state index contributed by atoms with van der Waals surface area (Å²) >= 11 is 0. The van der Waals surface area contributed by atoms with Gasteiger partial charge in [-0.15, -0.1) is 0 Å². The number of carbonyl (C=O) groups excluding carboxylic acids is 3. The van der Waals surface area contributed by atoms with Crippen LogP contribution in [0.2, 0.25) is 0 Å². The van der Waals surface area contributed by atoms with Crippen molar-refractivity contribution in [3.8, 4) is 0 Å². The largest absolute Gasteiger partial charge is 0.466 e. The summed E-state index contributed by atoms with van der Waals surface area (Å²) in [6.45, 7) is 8.56. The first kappa shape index (κ1) is 31.8. The van der Waals surface area contributed by atoms with Gasteiger partial charge in [0, 0.05) is 32.9 Å². The number of fused-ring (bicyclic) bond motifs is 4. The van der Waals surface area contributed by atoms with Gasteiger partial charge in [0.2, 0.25) is 0 Å². The number of ether oxygens (including phenoxy) is 2. The fraction of sp³-hybridized carbons (Fsp3) is 0.800. The number of carbonyl (C=O) groups is 3. The highest BCUT2D eigenvalue weighted by molar-refractivity contribution is 5.82. The maximum absolute atomic E-state index is 14.2. The minimum Gasteiger partial charge on any atom is -0.466 e. The van der Waals surface area contributed by atoms with Crippen LogP contribution in [-0.4, -0.2) is 49.0 Å². The molecule has 1 amide bonds. The molecule has 41 heavy (non-hydrogen) atoms. The van der Waals surface area contributed by atoms with Gasteiger partial charge in [-0.05, 0) is 112 Å². The van der Waals surface area contributed by atoms with E-state index >= 15 is 0 Å². The Morgan fingerprint density at radius 2 is 1.85 bits per heavy atom. The number of rotatable bonds is 13. The minimum atomic E-state index is -0.356. The maximum Gasteiger partial charge on any atom is 0.409 e. The smallest absolute Gasteiger partial charge is 0.409 e. The Kier molecular flexibility index (Phi) is 11.2. The van der Waals surface area contributed by atoms with Crippen molar-refractivity contribution in [1.29, 1.82) is 0 Å². The van der Waals surface area contributed by atoms with Crippen molar-refractivity contribution in [2.45, 2.75) is 130 Å². The number of hydrogen-bond acceptors (Lipinski definition) is 5. The average molecular weight is 570 g/mol. The van der Waals surface area contributed by atoms with E-state index in [-0.39, 0.29) is 24.1 Å². The average Bonchev–Trinajstić information content (AvgIpc) is 3.33. The van der Waals surface area contributed by atoms with E-state index in [1.807, 2.05) is 13.8 Å². The number of unbranched alkanes of at least 4 members (excludes halogenated alkanes) is 3. The van der Waals surface area contributed by atoms with Crippen LogP contribution in [0.1, 0.15) is 124 Å². The highest BCUT2D eigenvalue weighted by Crippen LogP contribution is 2.63. The molecule has 0 aromatic rings. The van der Waals surface area contributed by atoms with Crippen LogP contribution in [-0.2, 0) is 19.1 Å². The first-order chi connectivity index (χ1) is 19.6. The van der Waals surface area contributed by atoms with Gasteiger partial charge in [-0.1, -0.05) is 44.3 Å². The SMILES string of the molecule is CC(=O)OCCCCCCC(C(=O)CCN(C)C(=O)OC(C)C)[C@H]1C[C@]2(C)CCCC2C2CCC3=CCCCC3=C21. The van der Waals surface area contributed by atoms with Gasteiger partial charge in [-0.25, -0.2) is 4.79 Å². The predicted molar refractivity (Wildman–Crippen MR) is 162 cm³/mol. The highest BCUT2D eigenvalue weighted by Gasteiger charge is 2.54. The molecule has 0 radical (unpaired) electrons. The summed E-state index contributed by atoms with van der Waals surface area (Å²) in [4.78, 5) is 39.3. The Bertz CT molecular complexity index is 1010. The Balaban J connectivity index is 1.55. The van der Waals surface area contributed by atoms with Crippen molar-refractivity contribution in [3.63, 3.8) is 0 Å². The number of esters is 1. The van der Waals surface area contributed by atoms with E-state index in [1.165, 1.54) is 58.3 Å². The summed E-state index contributed by atoms with van der Waals surface area (Å²) in [7, 11) is 1.74. The topological polar surface area (TPSA) is 72.9 Å². The first-order valence-electron chi connectivity index (χ1n) is 16.6. The number of Topliss-reactive ketones (excluding diaryl/α,β-unsaturated/α-hetero) is 1. The second-order valence-electron chi connectivity index (χ2n) is 13.9. The summed E-state index contributed by atoms with van der Waals surface area (Å²) in [6, 6.07) is 0. The number of nitrogens with zero attached hydrogens (tertiary/aromatic N) is 1. The molecule has 0 spiro atoms. The molecule has 0 N–H and O–H groups in total. The molecule has 2 saturated carbocycles. The lowest BCUT2D eigenvalue weighted by molar-refractivity contribution is -0.141. The van der Waals surface area contributed by atoms with Crippen LogP contribution in [0.15, 0.2) is 22.8 Å². The third-order valence-electron chi connectivity index (χ3n) is 10.6. The molecule has 6 nitrogen and oxygen atoms in total. The molecule has 2 fully saturated rings. The van der Waals surface area contributed by atoms with Crippen molar-refractivity contribution in [3.05, 3.63) is 22.8 Å². The van der Waals surface area contributed by atoms with Crippen LogP contribution in [0, 0.1) is 29.1 Å². The van der Waals surface area contributed by atoms with Crippen molar-refractivity contribution in [1.82, 2.24) is 4.90 Å². The second kappa shape index (κ2) is 14.4. The second-order valence-corrected chi connectivity index (χ2v) is 13.9. The molecule has 0 aromatic carbocycles. The molecule has 3 unspecified atom stereocenters. The monoisotopic (exact) mass is 569 g/mol. The summed E-state index contributed by atoms with van der Waals surface area (Å²) in [5.41, 5.74) is 5.22. The van der Waals surface area contributed by atoms with Gasteiger partial charge in [-0.2, -0.15) is 0 Å². The van der Waals surface area contributed by atoms with Crippen LogP contribution in [0.25, 0.3) is 0 Å². The van der Waals surface area contributed by atoms with Gasteiger partial charge in [0.25, 0.3) is 0 Å². The van der Waals surface area contributed by atoms with E-state index < -0.39 is 0 Å². The quantitative estimate of drug-likeness (QED) is 0.165. The van der Waals surface area contributed by atoms with E-state index in [1.54, 1.807) is 28.7 Å². The lowest BCUT2D eigenvalue weighted by Crippen LogP contribution is -2.45. The lowest BCUT2D eigenvalue weighted by Gasteiger charge is -2.52. The Hall–Kier alpha value is -2.11. The van der Waals surface area contributed by atoms with Gasteiger partial charge < -0.3 is 14.4 Å². The van der Waals surface area contributed by atoms with Gasteiger partial charge >= 0.3 is 12.1 Å². The van der Waals surface area contributed by atoms with E-state index in [2.05, 4.69) is 13.0 Å². The van der Waals surface area contributed by atoms with Gasteiger partial charge in [-0.3, -0.25) is 9.59 Å². The van der Waals surface area contributed by atoms with Crippen LogP contribution in [0.4, 0.5) is 4.79 Å². The van der Waals surface area contributed by atoms with E-state index in [0.717, 1.165) is 44.4 Å². The molecule has 230 valence electrons. The zero-order chi connectivity index (χ0) is 29.6. The van der Waals surface area contributed by atoms with Crippen LogP contribution in [0.3, 0.4) is 0 Å². The maximum atomic E-state index is 14.2. The zero-order valence-corrected chi connectivity index (χ0v) is 26.5. The third kappa shape index (κ3) is 7.84. The first-order valence-corrected chi connectivity index (χ1v) is 16.6. The molecular weight excluding hydrogens is 514 g/mol. The summed E-state index contributed by atoms with van der Waals surface area (Å²) in [5, 5.41) is 0. The normalized spacial score (nSPS) is 27.9. The van der Waals surface area contributed by atoms with Crippen LogP contribution < -0.4 is 0 Å². The number of ketones is 1. The molecular formula is C35H55NO5. The standard InChI is InChI=1S/C35H55NO5/c1-24(2)41-34(39)36(5)21-19-32(38)28(15-8-6-7-11-22-40-25(3)37)30-23-35(4)20-12-16-31(35)29-18-17-26-13-9-10-14-27(26)33(29)30/h13,24,28-31H,6-12,14-23H2,1-5H3/t28?,29?,30-,31?,35+/m1/s1. The van der Waals surface area contributed by atoms with Gasteiger partial charge in [0.15, 0.2) is 0 Å². The minimum absolute atomic E-state index is 0.00244. The number of hydrogen-bond donors (Lipinski definition) is 0. The third-order valence-corrected chi connectivity index (χ3v) is 10.6. The van der Waals surface area contributed by atoms with E-state index in [4.69, 9.17) is 9.47 Å². The highest BCUT2D eigenvalue weighted by atomic mass is 16.6. The molecule has 0 aliphatic heterocycles. The fourth-order valence-corrected chi connectivity index (χ4v) is 8.67. The van der Waals surface area contributed by atoms with Crippen molar-refractivity contribution in [2.75, 3.05) is 20.2 Å². The molecule has 5 atom stereocenters. The molecule has 0 heterocycles. The van der Waals surface area contributed by atoms with Crippen molar-refractivity contribution >= 4 is 17.8 Å². The molecule has 6 heteroatoms. The molecule has 4 rings (SSSR count). The Morgan fingerprint density at radius 1 is 1.07 bits per heavy atom. The van der Waals surface area contributed by atoms with Crippen molar-refractivity contribution in [2.24, 2.45) is 29.1 Å². The molecule has 4 aliphatic carbocycles. The van der Waals surface area contributed by atoms with E-state index in [0.29, 0.717) is 42.6 Å². The molecule has 0 bridgehead atoms. The molecule has 0 aromatic heterocycles. The van der Waals surface area contributed by atoms with Crippen LogP contribution >= 0.6 is 0 Å². The van der Waals surface area contributed by atoms with Gasteiger partial charge in [0.05, 0.1) is 12.7 Å². The Labute approximate surface area is 248 Å². The zero-order valence-electron chi connectivity index (χ0n) is 26.5. The molecule has 0 saturated heterocycles. The summed E-state index contributed by atoms with van der Waals surface area (Å²) in [5.74, 6) is 1.81. The van der Waals surface area contributed by atoms with Crippen molar-refractivity contribution < 1.29 is 23.9 Å². The predicted octanol–water partition coefficient (Wildman–Crippen LogP) is 8.20. The van der Waals surface area contributed by atoms with Gasteiger partial charge in [0.1, 0.15) is 5.78 Å². The summed E-state index contributed by atoms with van der Waals surface area (Å²) in [6.07, 6.45) is 18.3. The van der Waals surface area contributed by atoms with Crippen LogP contribution in [0.5, 0.6) is 0 Å². The van der Waals surface area contributed by atoms with E-state index in [9.17, 15) is 14.4 Å². The number of amides is 1. The summed E-state index contributed by atoms with van der Waals surface area (Å²) < 4.78 is 10.5. The fourth-order valence-electron chi connectivity index (χ4n) is 8.67. The molecule has 4 aliphatic rings.